The van der Waals surface area contributed by atoms with Crippen LogP contribution in [0.2, 0.25) is 0 Å². The van der Waals surface area contributed by atoms with E-state index in [1.807, 2.05) is 0 Å². The highest BCUT2D eigenvalue weighted by atomic mass is 16.6. The molecule has 3 unspecified atom stereocenters. The van der Waals surface area contributed by atoms with Crippen molar-refractivity contribution in [3.63, 3.8) is 0 Å². The highest BCUT2D eigenvalue weighted by Crippen LogP contribution is 2.47. The molecule has 2 saturated heterocycles. The summed E-state index contributed by atoms with van der Waals surface area (Å²) in [6.07, 6.45) is -16.6. The fraction of sp³-hybridized carbons (Fsp3) is 0.484. The van der Waals surface area contributed by atoms with Crippen LogP contribution in [0.1, 0.15) is 31.4 Å². The molecule has 0 amide bonds. The number of ether oxygens (including phenoxy) is 2. The van der Waals surface area contributed by atoms with Crippen LogP contribution < -0.4 is 0 Å². The maximum absolute atomic E-state index is 13.2. The molecule has 0 bridgehead atoms. The second kappa shape index (κ2) is 13.2. The zero-order chi connectivity index (χ0) is 34.3. The number of ketones is 2. The van der Waals surface area contributed by atoms with Gasteiger partial charge in [-0.3, -0.25) is 9.59 Å². The van der Waals surface area contributed by atoms with E-state index in [1.54, 1.807) is 0 Å². The van der Waals surface area contributed by atoms with Crippen LogP contribution in [0.25, 0.3) is 6.08 Å². The molecule has 2 aliphatic rings. The molecule has 2 fully saturated rings. The Labute approximate surface area is 262 Å². The number of aliphatic hydroxyl groups is 7. The monoisotopic (exact) mass is 650 g/mol. The van der Waals surface area contributed by atoms with Gasteiger partial charge in [0.1, 0.15) is 42.7 Å². The number of aromatic hydroxyl groups is 4. The van der Waals surface area contributed by atoms with E-state index in [9.17, 15) is 65.8 Å². The van der Waals surface area contributed by atoms with Gasteiger partial charge in [0.15, 0.2) is 45.8 Å². The lowest BCUT2D eigenvalue weighted by Gasteiger charge is -2.59. The van der Waals surface area contributed by atoms with Gasteiger partial charge in [0, 0.05) is 0 Å². The van der Waals surface area contributed by atoms with Gasteiger partial charge in [-0.15, -0.1) is 0 Å². The SMILES string of the molecule is CC(=O)[C@]1(O)C(CCc2ccc(O)c(O)c2)O[C@H](C(O)C(=O)C=Cc2ccc(O)c(O)c2)[C@@H](O)[C@@]1(O)C1O[C@H](C)[C@@H](O)[C@H](O)[C@@H]1O. The molecule has 15 nitrogen and oxygen atoms in total. The summed E-state index contributed by atoms with van der Waals surface area (Å²) >= 11 is 0. The van der Waals surface area contributed by atoms with Crippen LogP contribution in [-0.2, 0) is 25.5 Å². The van der Waals surface area contributed by atoms with Crippen molar-refractivity contribution < 1.29 is 75.2 Å². The van der Waals surface area contributed by atoms with Crippen LogP contribution in [0.5, 0.6) is 23.0 Å². The number of hydrogen-bond acceptors (Lipinski definition) is 15. The summed E-state index contributed by atoms with van der Waals surface area (Å²) in [6, 6.07) is 7.36. The Kier molecular flexibility index (Phi) is 10.1. The van der Waals surface area contributed by atoms with Crippen molar-refractivity contribution in [2.75, 3.05) is 0 Å². The fourth-order valence-corrected chi connectivity index (χ4v) is 6.03. The van der Waals surface area contributed by atoms with E-state index in [1.165, 1.54) is 31.2 Å². The van der Waals surface area contributed by atoms with E-state index in [4.69, 9.17) is 9.47 Å². The lowest BCUT2D eigenvalue weighted by Crippen LogP contribution is -2.84. The molecule has 0 saturated carbocycles. The van der Waals surface area contributed by atoms with E-state index in [2.05, 4.69) is 0 Å². The van der Waals surface area contributed by atoms with Crippen LogP contribution >= 0.6 is 0 Å². The Hall–Kier alpha value is -3.64. The number of aliphatic hydroxyl groups excluding tert-OH is 5. The number of phenols is 4. The van der Waals surface area contributed by atoms with Gasteiger partial charge in [-0.05, 0) is 68.2 Å². The molecule has 46 heavy (non-hydrogen) atoms. The largest absolute Gasteiger partial charge is 0.504 e. The zero-order valence-corrected chi connectivity index (χ0v) is 24.8. The van der Waals surface area contributed by atoms with E-state index in [0.717, 1.165) is 31.2 Å². The number of Topliss-reactive ketones (excluding diaryl/α,β-unsaturated/α-hetero) is 1. The third-order valence-electron chi connectivity index (χ3n) is 8.76. The number of aryl methyl sites for hydroxylation is 1. The van der Waals surface area contributed by atoms with Crippen LogP contribution in [0.4, 0.5) is 0 Å². The first kappa shape index (κ1) is 35.2. The molecule has 0 aliphatic carbocycles. The fourth-order valence-electron chi connectivity index (χ4n) is 6.03. The molecule has 2 aromatic rings. The molecule has 11 N–H and O–H groups in total. The maximum Gasteiger partial charge on any atom is 0.186 e. The molecule has 0 radical (unpaired) electrons. The van der Waals surface area contributed by atoms with E-state index >= 15 is 0 Å². The van der Waals surface area contributed by atoms with Gasteiger partial charge in [0.05, 0.1) is 12.2 Å². The third kappa shape index (κ3) is 6.09. The minimum absolute atomic E-state index is 0.104. The lowest BCUT2D eigenvalue weighted by molar-refractivity contribution is -0.364. The average Bonchev–Trinajstić information content (AvgIpc) is 3.01. The number of carbonyl (C=O) groups is 2. The molecule has 2 heterocycles. The molecule has 252 valence electrons. The maximum atomic E-state index is 13.2. The summed E-state index contributed by atoms with van der Waals surface area (Å²) < 4.78 is 11.4. The molecule has 2 aromatic carbocycles. The van der Waals surface area contributed by atoms with Gasteiger partial charge in [0.25, 0.3) is 0 Å². The molecule has 0 aromatic heterocycles. The standard InChI is InChI=1S/C31H38O15/c1-13-23(38)25(40)26(41)29(45-13)31(44)28(42)27(24(39)19(35)9-5-15-3-7-17(33)20(36)11-15)46-22(30(31,43)14(2)32)10-6-16-4-8-18(34)21(37)12-16/h3-5,7-9,11-13,22-29,33-34,36-44H,6,10H2,1-2H3/t13-,22?,23-,24?,25+,26+,27-,28-,29?,30+,31-/m1/s1. The normalized spacial score (nSPS) is 35.6. The Bertz CT molecular complexity index is 1480. The summed E-state index contributed by atoms with van der Waals surface area (Å²) in [5.74, 6) is -4.12. The van der Waals surface area contributed by atoms with Gasteiger partial charge >= 0.3 is 0 Å². The number of rotatable bonds is 9. The van der Waals surface area contributed by atoms with Crippen molar-refractivity contribution in [1.29, 1.82) is 0 Å². The van der Waals surface area contributed by atoms with Crippen LogP contribution in [-0.4, -0.2) is 134 Å². The van der Waals surface area contributed by atoms with Crippen LogP contribution in [0, 0.1) is 0 Å². The Morgan fingerprint density at radius 1 is 0.870 bits per heavy atom. The van der Waals surface area contributed by atoms with Crippen molar-refractivity contribution >= 4 is 17.6 Å². The van der Waals surface area contributed by atoms with Crippen molar-refractivity contribution in [2.24, 2.45) is 0 Å². The first-order valence-electron chi connectivity index (χ1n) is 14.4. The predicted molar refractivity (Wildman–Crippen MR) is 156 cm³/mol. The number of carbonyl (C=O) groups excluding carboxylic acids is 2. The van der Waals surface area contributed by atoms with Gasteiger partial charge in [-0.1, -0.05) is 18.2 Å². The highest BCUT2D eigenvalue weighted by Gasteiger charge is 2.73. The highest BCUT2D eigenvalue weighted by molar-refractivity contribution is 5.97. The zero-order valence-electron chi connectivity index (χ0n) is 24.8. The van der Waals surface area contributed by atoms with Crippen LogP contribution in [0.15, 0.2) is 42.5 Å². The van der Waals surface area contributed by atoms with E-state index in [-0.39, 0.29) is 18.4 Å². The molecule has 0 spiro atoms. The van der Waals surface area contributed by atoms with Gasteiger partial charge in [-0.2, -0.15) is 0 Å². The Morgan fingerprint density at radius 2 is 1.48 bits per heavy atom. The first-order chi connectivity index (χ1) is 21.4. The van der Waals surface area contributed by atoms with Crippen molar-refractivity contribution in [2.45, 2.75) is 92.8 Å². The predicted octanol–water partition coefficient (Wildman–Crippen LogP) is -1.87. The van der Waals surface area contributed by atoms with Crippen molar-refractivity contribution in [3.8, 4) is 23.0 Å². The number of phenolic OH excluding ortho intramolecular Hbond substituents is 4. The summed E-state index contributed by atoms with van der Waals surface area (Å²) in [7, 11) is 0. The summed E-state index contributed by atoms with van der Waals surface area (Å²) in [5, 5.41) is 117. The summed E-state index contributed by atoms with van der Waals surface area (Å²) in [5.41, 5.74) is -5.84. The minimum Gasteiger partial charge on any atom is -0.504 e. The quantitative estimate of drug-likeness (QED) is 0.105. The molecule has 15 heteroatoms. The molecule has 4 rings (SSSR count). The second-order valence-corrected chi connectivity index (χ2v) is 11.7. The molecule has 11 atom stereocenters. The topological polar surface area (TPSA) is 275 Å². The Morgan fingerprint density at radius 3 is 2.07 bits per heavy atom. The van der Waals surface area contributed by atoms with Gasteiger partial charge in [0.2, 0.25) is 0 Å². The van der Waals surface area contributed by atoms with Gasteiger partial charge in [-0.25, -0.2) is 0 Å². The summed E-state index contributed by atoms with van der Waals surface area (Å²) in [6.45, 7) is 2.10. The minimum atomic E-state index is -3.29. The smallest absolute Gasteiger partial charge is 0.186 e. The summed E-state index contributed by atoms with van der Waals surface area (Å²) in [4.78, 5) is 26.3. The first-order valence-corrected chi connectivity index (χ1v) is 14.4. The van der Waals surface area contributed by atoms with E-state index in [0.29, 0.717) is 5.56 Å². The van der Waals surface area contributed by atoms with Crippen LogP contribution in [0.3, 0.4) is 0 Å². The molecule has 2 aliphatic heterocycles. The lowest BCUT2D eigenvalue weighted by atomic mass is 9.62. The van der Waals surface area contributed by atoms with Crippen molar-refractivity contribution in [1.82, 2.24) is 0 Å². The molecular weight excluding hydrogens is 612 g/mol. The van der Waals surface area contributed by atoms with Crippen molar-refractivity contribution in [3.05, 3.63) is 53.6 Å². The van der Waals surface area contributed by atoms with E-state index < -0.39 is 101 Å². The molecular formula is C31H38O15. The Balaban J connectivity index is 1.76. The number of hydrogen-bond donors (Lipinski definition) is 11. The third-order valence-corrected chi connectivity index (χ3v) is 8.76. The second-order valence-electron chi connectivity index (χ2n) is 11.7. The number of benzene rings is 2. The van der Waals surface area contributed by atoms with Gasteiger partial charge < -0.3 is 65.6 Å². The average molecular weight is 651 g/mol.